The number of hydrogen-bond donors (Lipinski definition) is 1. The van der Waals surface area contributed by atoms with E-state index in [4.69, 9.17) is 4.52 Å². The van der Waals surface area contributed by atoms with E-state index in [0.717, 1.165) is 18.7 Å². The number of nitrogens with zero attached hydrogens (tertiary/aromatic N) is 2. The molecule has 5 heteroatoms. The Labute approximate surface area is 123 Å². The Kier molecular flexibility index (Phi) is 4.28. The highest BCUT2D eigenvalue weighted by Crippen LogP contribution is 2.31. The second-order valence-electron chi connectivity index (χ2n) is 5.43. The summed E-state index contributed by atoms with van der Waals surface area (Å²) >= 11 is 0. The van der Waals surface area contributed by atoms with Crippen molar-refractivity contribution in [1.82, 2.24) is 15.5 Å². The van der Waals surface area contributed by atoms with Crippen molar-refractivity contribution in [3.63, 3.8) is 0 Å². The van der Waals surface area contributed by atoms with E-state index in [9.17, 15) is 4.79 Å². The molecule has 3 rings (SSSR count). The lowest BCUT2D eigenvalue weighted by molar-refractivity contribution is 0.0949. The zero-order valence-corrected chi connectivity index (χ0v) is 11.9. The normalized spacial score (nSPS) is 15.8. The second-order valence-corrected chi connectivity index (χ2v) is 5.43. The first-order valence-corrected chi connectivity index (χ1v) is 7.48. The average molecular weight is 285 g/mol. The van der Waals surface area contributed by atoms with Crippen molar-refractivity contribution in [1.29, 1.82) is 0 Å². The van der Waals surface area contributed by atoms with Gasteiger partial charge >= 0.3 is 0 Å². The van der Waals surface area contributed by atoms with Gasteiger partial charge in [0.15, 0.2) is 5.82 Å². The van der Waals surface area contributed by atoms with E-state index in [2.05, 4.69) is 15.5 Å². The molecular weight excluding hydrogens is 266 g/mol. The van der Waals surface area contributed by atoms with Crippen LogP contribution in [0.3, 0.4) is 0 Å². The first-order valence-electron chi connectivity index (χ1n) is 7.48. The Morgan fingerprint density at radius 1 is 1.19 bits per heavy atom. The molecule has 1 amide bonds. The van der Waals surface area contributed by atoms with E-state index in [1.165, 1.54) is 19.3 Å². The summed E-state index contributed by atoms with van der Waals surface area (Å²) in [5.41, 5.74) is 0.633. The number of amides is 1. The zero-order chi connectivity index (χ0) is 14.5. The summed E-state index contributed by atoms with van der Waals surface area (Å²) in [7, 11) is 0. The number of carbonyl (C=O) groups is 1. The lowest BCUT2D eigenvalue weighted by atomic mass is 9.89. The second kappa shape index (κ2) is 6.52. The van der Waals surface area contributed by atoms with Gasteiger partial charge in [0.25, 0.3) is 5.91 Å². The number of nitrogens with one attached hydrogen (secondary N) is 1. The van der Waals surface area contributed by atoms with Gasteiger partial charge in [0.1, 0.15) is 0 Å². The minimum absolute atomic E-state index is 0.125. The van der Waals surface area contributed by atoms with Crippen LogP contribution in [-0.2, 0) is 6.54 Å². The standard InChI is InChI=1S/C16H19N3O2/c20-15(12-7-3-1-4-8-12)17-11-14-18-16(21-19-14)13-9-5-2-6-10-13/h1,3-4,7-8,13H,2,5-6,9-11H2,(H,17,20). The van der Waals surface area contributed by atoms with Crippen LogP contribution < -0.4 is 5.32 Å². The first-order chi connectivity index (χ1) is 10.3. The quantitative estimate of drug-likeness (QED) is 0.937. The van der Waals surface area contributed by atoms with Crippen molar-refractivity contribution in [2.75, 3.05) is 0 Å². The van der Waals surface area contributed by atoms with Crippen molar-refractivity contribution in [3.05, 3.63) is 47.6 Å². The summed E-state index contributed by atoms with van der Waals surface area (Å²) in [6.45, 7) is 0.296. The monoisotopic (exact) mass is 285 g/mol. The highest BCUT2D eigenvalue weighted by atomic mass is 16.5. The van der Waals surface area contributed by atoms with Gasteiger partial charge in [-0.25, -0.2) is 0 Å². The maximum atomic E-state index is 11.9. The molecule has 1 saturated carbocycles. The lowest BCUT2D eigenvalue weighted by Gasteiger charge is -2.17. The van der Waals surface area contributed by atoms with Gasteiger partial charge in [-0.15, -0.1) is 0 Å². The van der Waals surface area contributed by atoms with E-state index in [-0.39, 0.29) is 5.91 Å². The number of benzene rings is 1. The SMILES string of the molecule is O=C(NCc1noc(C2CCCCC2)n1)c1ccccc1. The van der Waals surface area contributed by atoms with E-state index < -0.39 is 0 Å². The van der Waals surface area contributed by atoms with Gasteiger partial charge in [-0.2, -0.15) is 4.98 Å². The number of carbonyl (C=O) groups excluding carboxylic acids is 1. The van der Waals surface area contributed by atoms with E-state index in [1.54, 1.807) is 12.1 Å². The van der Waals surface area contributed by atoms with Crippen molar-refractivity contribution in [2.45, 2.75) is 44.6 Å². The molecule has 0 unspecified atom stereocenters. The van der Waals surface area contributed by atoms with Gasteiger partial charge in [-0.05, 0) is 25.0 Å². The fourth-order valence-electron chi connectivity index (χ4n) is 2.71. The molecule has 1 aliphatic carbocycles. The minimum Gasteiger partial charge on any atom is -0.345 e. The molecule has 1 fully saturated rings. The Hall–Kier alpha value is -2.17. The summed E-state index contributed by atoms with van der Waals surface area (Å²) in [6.07, 6.45) is 6.00. The fraction of sp³-hybridized carbons (Fsp3) is 0.438. The molecule has 1 N–H and O–H groups in total. The molecule has 0 aliphatic heterocycles. The smallest absolute Gasteiger partial charge is 0.251 e. The number of hydrogen-bond acceptors (Lipinski definition) is 4. The maximum Gasteiger partial charge on any atom is 0.251 e. The van der Waals surface area contributed by atoms with Crippen LogP contribution in [0.1, 0.15) is 60.1 Å². The van der Waals surface area contributed by atoms with Crippen LogP contribution in [0, 0.1) is 0 Å². The summed E-state index contributed by atoms with van der Waals surface area (Å²) in [4.78, 5) is 16.3. The van der Waals surface area contributed by atoms with Gasteiger partial charge < -0.3 is 9.84 Å². The molecule has 2 aromatic rings. The number of aromatic nitrogens is 2. The van der Waals surface area contributed by atoms with Crippen LogP contribution in [-0.4, -0.2) is 16.0 Å². The van der Waals surface area contributed by atoms with E-state index in [0.29, 0.717) is 23.9 Å². The summed E-state index contributed by atoms with van der Waals surface area (Å²) in [6, 6.07) is 9.11. The summed E-state index contributed by atoms with van der Waals surface area (Å²) < 4.78 is 5.33. The van der Waals surface area contributed by atoms with Crippen LogP contribution in [0.2, 0.25) is 0 Å². The summed E-state index contributed by atoms with van der Waals surface area (Å²) in [5.74, 6) is 1.53. The van der Waals surface area contributed by atoms with Gasteiger partial charge in [0.2, 0.25) is 5.89 Å². The molecular formula is C16H19N3O2. The van der Waals surface area contributed by atoms with Crippen LogP contribution >= 0.6 is 0 Å². The van der Waals surface area contributed by atoms with Crippen LogP contribution in [0.15, 0.2) is 34.9 Å². The molecule has 110 valence electrons. The van der Waals surface area contributed by atoms with Gasteiger partial charge in [0, 0.05) is 11.5 Å². The van der Waals surface area contributed by atoms with E-state index >= 15 is 0 Å². The molecule has 0 bridgehead atoms. The highest BCUT2D eigenvalue weighted by Gasteiger charge is 2.21. The molecule has 1 heterocycles. The van der Waals surface area contributed by atoms with Crippen molar-refractivity contribution in [3.8, 4) is 0 Å². The molecule has 5 nitrogen and oxygen atoms in total. The summed E-state index contributed by atoms with van der Waals surface area (Å²) in [5, 5.41) is 6.76. The van der Waals surface area contributed by atoms with Gasteiger partial charge in [0.05, 0.1) is 6.54 Å². The third kappa shape index (κ3) is 3.48. The Morgan fingerprint density at radius 2 is 1.95 bits per heavy atom. The Bertz CT molecular complexity index is 589. The Morgan fingerprint density at radius 3 is 2.71 bits per heavy atom. The fourth-order valence-corrected chi connectivity index (χ4v) is 2.71. The topological polar surface area (TPSA) is 68.0 Å². The van der Waals surface area contributed by atoms with Gasteiger partial charge in [-0.3, -0.25) is 4.79 Å². The predicted molar refractivity (Wildman–Crippen MR) is 77.7 cm³/mol. The molecule has 1 aromatic heterocycles. The van der Waals surface area contributed by atoms with Crippen molar-refractivity contribution < 1.29 is 9.32 Å². The van der Waals surface area contributed by atoms with Crippen LogP contribution in [0.25, 0.3) is 0 Å². The minimum atomic E-state index is -0.125. The largest absolute Gasteiger partial charge is 0.345 e. The molecule has 0 atom stereocenters. The third-order valence-corrected chi connectivity index (χ3v) is 3.88. The number of rotatable bonds is 4. The third-order valence-electron chi connectivity index (χ3n) is 3.88. The molecule has 0 radical (unpaired) electrons. The molecule has 0 saturated heterocycles. The maximum absolute atomic E-state index is 11.9. The molecule has 1 aliphatic rings. The van der Waals surface area contributed by atoms with E-state index in [1.807, 2.05) is 18.2 Å². The Balaban J connectivity index is 1.56. The average Bonchev–Trinajstić information content (AvgIpc) is 3.03. The van der Waals surface area contributed by atoms with Crippen molar-refractivity contribution >= 4 is 5.91 Å². The zero-order valence-electron chi connectivity index (χ0n) is 11.9. The van der Waals surface area contributed by atoms with Crippen molar-refractivity contribution in [2.24, 2.45) is 0 Å². The van der Waals surface area contributed by atoms with Crippen LogP contribution in [0.5, 0.6) is 0 Å². The van der Waals surface area contributed by atoms with Gasteiger partial charge in [-0.1, -0.05) is 42.6 Å². The lowest BCUT2D eigenvalue weighted by Crippen LogP contribution is -2.23. The van der Waals surface area contributed by atoms with Crippen LogP contribution in [0.4, 0.5) is 0 Å². The molecule has 1 aromatic carbocycles. The highest BCUT2D eigenvalue weighted by molar-refractivity contribution is 5.93. The first kappa shape index (κ1) is 13.8. The molecule has 0 spiro atoms. The predicted octanol–water partition coefficient (Wildman–Crippen LogP) is 3.05. The molecule has 21 heavy (non-hydrogen) atoms.